The largest absolute Gasteiger partial charge is 0.508 e. The summed E-state index contributed by atoms with van der Waals surface area (Å²) in [6, 6.07) is 18.5. The highest BCUT2D eigenvalue weighted by molar-refractivity contribution is 5.98. The van der Waals surface area contributed by atoms with Crippen LogP contribution in [0.3, 0.4) is 0 Å². The highest BCUT2D eigenvalue weighted by atomic mass is 19.4. The van der Waals surface area contributed by atoms with Crippen molar-refractivity contribution in [3.63, 3.8) is 0 Å². The molecule has 0 aliphatic rings. The Morgan fingerprint density at radius 3 is 1.72 bits per heavy atom. The quantitative estimate of drug-likeness (QED) is 0.460. The lowest BCUT2D eigenvalue weighted by Gasteiger charge is -2.18. The SMILES string of the molecule is CCCC(=C(c1ccc(O)cc1)c1ccc(O)cc1)c1cccc(C(F)(F)F)c1. The Morgan fingerprint density at radius 1 is 0.759 bits per heavy atom. The molecule has 29 heavy (non-hydrogen) atoms. The van der Waals surface area contributed by atoms with Gasteiger partial charge in [-0.25, -0.2) is 0 Å². The van der Waals surface area contributed by atoms with Crippen LogP contribution in [0.4, 0.5) is 13.2 Å². The maximum atomic E-state index is 13.3. The van der Waals surface area contributed by atoms with Gasteiger partial charge in [-0.05, 0) is 70.7 Å². The molecule has 0 spiro atoms. The Balaban J connectivity index is 2.29. The molecular weight excluding hydrogens is 377 g/mol. The molecule has 0 atom stereocenters. The van der Waals surface area contributed by atoms with Gasteiger partial charge in [0, 0.05) is 0 Å². The summed E-state index contributed by atoms with van der Waals surface area (Å²) in [5.74, 6) is 0.213. The van der Waals surface area contributed by atoms with Crippen LogP contribution in [0.15, 0.2) is 72.8 Å². The summed E-state index contributed by atoms with van der Waals surface area (Å²) in [7, 11) is 0. The second-order valence-corrected chi connectivity index (χ2v) is 6.78. The minimum atomic E-state index is -4.43. The Labute approximate surface area is 167 Å². The van der Waals surface area contributed by atoms with Gasteiger partial charge in [0.2, 0.25) is 0 Å². The van der Waals surface area contributed by atoms with E-state index in [0.717, 1.165) is 34.8 Å². The summed E-state index contributed by atoms with van der Waals surface area (Å²) in [5.41, 5.74) is 2.89. The first kappa shape index (κ1) is 20.5. The predicted octanol–water partition coefficient (Wildman–Crippen LogP) is 6.88. The van der Waals surface area contributed by atoms with Crippen LogP contribution in [0, 0.1) is 0 Å². The van der Waals surface area contributed by atoms with Crippen molar-refractivity contribution in [1.29, 1.82) is 0 Å². The Hall–Kier alpha value is -3.21. The second-order valence-electron chi connectivity index (χ2n) is 6.78. The molecule has 2 nitrogen and oxygen atoms in total. The average molecular weight is 398 g/mol. The monoisotopic (exact) mass is 398 g/mol. The number of hydrogen-bond acceptors (Lipinski definition) is 2. The zero-order chi connectivity index (χ0) is 21.0. The minimum Gasteiger partial charge on any atom is -0.508 e. The van der Waals surface area contributed by atoms with Crippen molar-refractivity contribution >= 4 is 11.1 Å². The van der Waals surface area contributed by atoms with Crippen molar-refractivity contribution in [1.82, 2.24) is 0 Å². The molecule has 0 radical (unpaired) electrons. The van der Waals surface area contributed by atoms with Crippen LogP contribution < -0.4 is 0 Å². The number of allylic oxidation sites excluding steroid dienone is 1. The highest BCUT2D eigenvalue weighted by Gasteiger charge is 2.30. The number of alkyl halides is 3. The maximum Gasteiger partial charge on any atom is 0.416 e. The number of halogens is 3. The van der Waals surface area contributed by atoms with Gasteiger partial charge in [0.15, 0.2) is 0 Å². The summed E-state index contributed by atoms with van der Waals surface area (Å²) in [6.07, 6.45) is -3.12. The van der Waals surface area contributed by atoms with Crippen molar-refractivity contribution in [3.05, 3.63) is 95.1 Å². The predicted molar refractivity (Wildman–Crippen MR) is 108 cm³/mol. The van der Waals surface area contributed by atoms with E-state index in [-0.39, 0.29) is 11.5 Å². The van der Waals surface area contributed by atoms with E-state index in [0.29, 0.717) is 12.0 Å². The van der Waals surface area contributed by atoms with Crippen LogP contribution in [-0.4, -0.2) is 10.2 Å². The summed E-state index contributed by atoms with van der Waals surface area (Å²) < 4.78 is 39.8. The second kappa shape index (κ2) is 8.43. The molecule has 0 bridgehead atoms. The molecule has 2 N–H and O–H groups in total. The zero-order valence-corrected chi connectivity index (χ0v) is 15.9. The zero-order valence-electron chi connectivity index (χ0n) is 15.9. The third-order valence-electron chi connectivity index (χ3n) is 4.65. The lowest BCUT2D eigenvalue weighted by atomic mass is 9.87. The first-order valence-electron chi connectivity index (χ1n) is 9.29. The normalized spacial score (nSPS) is 11.3. The van der Waals surface area contributed by atoms with Crippen LogP contribution in [0.1, 0.15) is 42.0 Å². The molecule has 3 aromatic carbocycles. The van der Waals surface area contributed by atoms with E-state index < -0.39 is 11.7 Å². The van der Waals surface area contributed by atoms with Gasteiger partial charge in [-0.1, -0.05) is 49.7 Å². The first-order valence-corrected chi connectivity index (χ1v) is 9.29. The van der Waals surface area contributed by atoms with Gasteiger partial charge in [0.05, 0.1) is 5.56 Å². The molecule has 0 amide bonds. The highest BCUT2D eigenvalue weighted by Crippen LogP contribution is 2.38. The molecule has 0 aromatic heterocycles. The van der Waals surface area contributed by atoms with Crippen molar-refractivity contribution < 1.29 is 23.4 Å². The molecular formula is C24H21F3O2. The molecule has 5 heteroatoms. The van der Waals surface area contributed by atoms with Crippen LogP contribution in [0.25, 0.3) is 11.1 Å². The molecule has 150 valence electrons. The fraction of sp³-hybridized carbons (Fsp3) is 0.167. The van der Waals surface area contributed by atoms with Gasteiger partial charge in [0.25, 0.3) is 0 Å². The number of rotatable bonds is 5. The number of hydrogen-bond donors (Lipinski definition) is 2. The van der Waals surface area contributed by atoms with E-state index in [2.05, 4.69) is 0 Å². The lowest BCUT2D eigenvalue weighted by Crippen LogP contribution is -2.05. The summed E-state index contributed by atoms with van der Waals surface area (Å²) in [5, 5.41) is 19.3. The molecule has 0 aliphatic heterocycles. The van der Waals surface area contributed by atoms with Crippen LogP contribution in [0.5, 0.6) is 11.5 Å². The van der Waals surface area contributed by atoms with E-state index in [1.54, 1.807) is 54.6 Å². The average Bonchev–Trinajstić information content (AvgIpc) is 2.70. The van der Waals surface area contributed by atoms with Gasteiger partial charge in [0.1, 0.15) is 11.5 Å². The van der Waals surface area contributed by atoms with E-state index in [4.69, 9.17) is 0 Å². The van der Waals surface area contributed by atoms with E-state index in [9.17, 15) is 23.4 Å². The number of phenols is 2. The summed E-state index contributed by atoms with van der Waals surface area (Å²) in [6.45, 7) is 1.97. The van der Waals surface area contributed by atoms with Crippen molar-refractivity contribution in [3.8, 4) is 11.5 Å². The first-order chi connectivity index (χ1) is 13.8. The van der Waals surface area contributed by atoms with Gasteiger partial charge < -0.3 is 10.2 Å². The van der Waals surface area contributed by atoms with Crippen LogP contribution >= 0.6 is 0 Å². The molecule has 0 fully saturated rings. The van der Waals surface area contributed by atoms with E-state index in [1.165, 1.54) is 12.1 Å². The van der Waals surface area contributed by atoms with Crippen LogP contribution in [0.2, 0.25) is 0 Å². The smallest absolute Gasteiger partial charge is 0.416 e. The van der Waals surface area contributed by atoms with Gasteiger partial charge in [-0.3, -0.25) is 0 Å². The molecule has 0 heterocycles. The third kappa shape index (κ3) is 4.80. The van der Waals surface area contributed by atoms with Gasteiger partial charge >= 0.3 is 6.18 Å². The third-order valence-corrected chi connectivity index (χ3v) is 4.65. The van der Waals surface area contributed by atoms with Crippen molar-refractivity contribution in [2.45, 2.75) is 25.9 Å². The summed E-state index contributed by atoms with van der Waals surface area (Å²) in [4.78, 5) is 0. The van der Waals surface area contributed by atoms with Crippen LogP contribution in [-0.2, 0) is 6.18 Å². The topological polar surface area (TPSA) is 40.5 Å². The van der Waals surface area contributed by atoms with Crippen molar-refractivity contribution in [2.75, 3.05) is 0 Å². The molecule has 0 aliphatic carbocycles. The Bertz CT molecular complexity index is 954. The number of benzene rings is 3. The fourth-order valence-corrected chi connectivity index (χ4v) is 3.32. The molecule has 3 rings (SSSR count). The lowest BCUT2D eigenvalue weighted by molar-refractivity contribution is -0.137. The van der Waals surface area contributed by atoms with Crippen molar-refractivity contribution in [2.24, 2.45) is 0 Å². The Kier molecular flexibility index (Phi) is 5.97. The van der Waals surface area contributed by atoms with Gasteiger partial charge in [-0.2, -0.15) is 13.2 Å². The van der Waals surface area contributed by atoms with E-state index in [1.807, 2.05) is 6.92 Å². The summed E-state index contributed by atoms with van der Waals surface area (Å²) >= 11 is 0. The maximum absolute atomic E-state index is 13.3. The molecule has 0 saturated carbocycles. The van der Waals surface area contributed by atoms with E-state index >= 15 is 0 Å². The fourth-order valence-electron chi connectivity index (χ4n) is 3.32. The Morgan fingerprint density at radius 2 is 1.28 bits per heavy atom. The molecule has 3 aromatic rings. The molecule has 0 saturated heterocycles. The standard InChI is InChI=1S/C24H21F3O2/c1-2-4-22(18-5-3-6-19(15-18)24(25,26)27)23(16-7-11-20(28)12-8-16)17-9-13-21(29)14-10-17/h3,5-15,28-29H,2,4H2,1H3. The van der Waals surface area contributed by atoms with Gasteiger partial charge in [-0.15, -0.1) is 0 Å². The number of phenolic OH excluding ortho intramolecular Hbond substituents is 2. The molecule has 0 unspecified atom stereocenters. The number of aromatic hydroxyl groups is 2. The minimum absolute atomic E-state index is 0.106.